The van der Waals surface area contributed by atoms with Crippen LogP contribution in [-0.2, 0) is 6.54 Å². The molecule has 0 bridgehead atoms. The van der Waals surface area contributed by atoms with Crippen molar-refractivity contribution in [2.45, 2.75) is 25.3 Å². The summed E-state index contributed by atoms with van der Waals surface area (Å²) in [6.45, 7) is 2.94. The Hall–Kier alpha value is -1.78. The van der Waals surface area contributed by atoms with Crippen LogP contribution in [0.25, 0.3) is 10.2 Å². The quantitative estimate of drug-likeness (QED) is 0.686. The zero-order chi connectivity index (χ0) is 15.6. The van der Waals surface area contributed by atoms with Gasteiger partial charge in [-0.3, -0.25) is 4.90 Å². The lowest BCUT2D eigenvalue weighted by Gasteiger charge is -2.31. The van der Waals surface area contributed by atoms with E-state index in [0.29, 0.717) is 5.92 Å². The summed E-state index contributed by atoms with van der Waals surface area (Å²) >= 11 is 1.83. The molecule has 1 aliphatic heterocycles. The topological polar surface area (TPSA) is 16.1 Å². The lowest BCUT2D eigenvalue weighted by Crippen LogP contribution is -2.32. The lowest BCUT2D eigenvalue weighted by molar-refractivity contribution is 0.204. The van der Waals surface area contributed by atoms with Gasteiger partial charge in [0.2, 0.25) is 0 Å². The first-order valence-electron chi connectivity index (χ1n) is 8.10. The summed E-state index contributed by atoms with van der Waals surface area (Å²) in [5, 5.41) is 1.27. The number of likely N-dealkylation sites (tertiary alicyclic amines) is 1. The van der Waals surface area contributed by atoms with E-state index in [0.717, 1.165) is 43.6 Å². The molecule has 0 amide bonds. The summed E-state index contributed by atoms with van der Waals surface area (Å²) in [6.07, 6.45) is 2.27. The number of thiazole rings is 1. The predicted octanol–water partition coefficient (Wildman–Crippen LogP) is 4.82. The predicted molar refractivity (Wildman–Crippen MR) is 93.3 cm³/mol. The van der Waals surface area contributed by atoms with Gasteiger partial charge in [0.05, 0.1) is 15.2 Å². The Morgan fingerprint density at radius 2 is 1.91 bits per heavy atom. The molecule has 2 heterocycles. The van der Waals surface area contributed by atoms with E-state index in [9.17, 15) is 4.39 Å². The monoisotopic (exact) mass is 326 g/mol. The average molecular weight is 326 g/mol. The average Bonchev–Trinajstić information content (AvgIpc) is 2.99. The summed E-state index contributed by atoms with van der Waals surface area (Å²) in [5.74, 6) is 0.419. The summed E-state index contributed by atoms with van der Waals surface area (Å²) in [5.41, 5.74) is 2.18. The van der Waals surface area contributed by atoms with E-state index >= 15 is 0 Å². The number of hydrogen-bond donors (Lipinski definition) is 0. The molecule has 0 radical (unpaired) electrons. The summed E-state index contributed by atoms with van der Waals surface area (Å²) < 4.78 is 14.6. The van der Waals surface area contributed by atoms with Gasteiger partial charge in [-0.05, 0) is 55.8 Å². The second kappa shape index (κ2) is 6.38. The van der Waals surface area contributed by atoms with Crippen LogP contribution in [0.4, 0.5) is 4.39 Å². The molecular formula is C19H19FN2S. The number of para-hydroxylation sites is 1. The third kappa shape index (κ3) is 3.28. The minimum absolute atomic E-state index is 0.146. The van der Waals surface area contributed by atoms with Crippen LogP contribution in [-0.4, -0.2) is 23.0 Å². The molecular weight excluding hydrogens is 307 g/mol. The molecule has 1 aromatic heterocycles. The van der Waals surface area contributed by atoms with Crippen molar-refractivity contribution in [2.24, 2.45) is 0 Å². The Morgan fingerprint density at radius 3 is 2.70 bits per heavy atom. The lowest BCUT2D eigenvalue weighted by atomic mass is 9.97. The van der Waals surface area contributed by atoms with Gasteiger partial charge in [-0.25, -0.2) is 9.37 Å². The summed E-state index contributed by atoms with van der Waals surface area (Å²) in [7, 11) is 0. The molecule has 0 unspecified atom stereocenters. The number of fused-ring (bicyclic) bond motifs is 1. The van der Waals surface area contributed by atoms with Gasteiger partial charge in [-0.2, -0.15) is 0 Å². The van der Waals surface area contributed by atoms with Gasteiger partial charge in [-0.15, -0.1) is 11.3 Å². The normalized spacial score (nSPS) is 16.9. The molecule has 0 spiro atoms. The molecule has 23 heavy (non-hydrogen) atoms. The van der Waals surface area contributed by atoms with Crippen molar-refractivity contribution in [1.82, 2.24) is 9.88 Å². The molecule has 1 saturated heterocycles. The molecule has 3 aromatic rings. The number of nitrogens with zero attached hydrogens (tertiary/aromatic N) is 2. The number of benzene rings is 2. The third-order valence-corrected chi connectivity index (χ3v) is 5.74. The Labute approximate surface area is 139 Å². The first-order chi connectivity index (χ1) is 11.3. The molecule has 0 aliphatic carbocycles. The highest BCUT2D eigenvalue weighted by Crippen LogP contribution is 2.34. The highest BCUT2D eigenvalue weighted by atomic mass is 32.1. The van der Waals surface area contributed by atoms with Gasteiger partial charge in [0.1, 0.15) is 5.82 Å². The van der Waals surface area contributed by atoms with Crippen molar-refractivity contribution < 1.29 is 4.39 Å². The largest absolute Gasteiger partial charge is 0.299 e. The van der Waals surface area contributed by atoms with Crippen LogP contribution in [0, 0.1) is 5.82 Å². The molecule has 0 atom stereocenters. The molecule has 1 aliphatic rings. The Morgan fingerprint density at radius 1 is 1.09 bits per heavy atom. The number of hydrogen-bond acceptors (Lipinski definition) is 3. The van der Waals surface area contributed by atoms with E-state index in [2.05, 4.69) is 23.1 Å². The van der Waals surface area contributed by atoms with Crippen molar-refractivity contribution in [3.63, 3.8) is 0 Å². The summed E-state index contributed by atoms with van der Waals surface area (Å²) in [4.78, 5) is 7.22. The smallest absolute Gasteiger partial charge is 0.123 e. The van der Waals surface area contributed by atoms with Crippen LogP contribution < -0.4 is 0 Å². The highest BCUT2D eigenvalue weighted by Gasteiger charge is 2.23. The second-order valence-corrected chi connectivity index (χ2v) is 7.26. The van der Waals surface area contributed by atoms with Crippen molar-refractivity contribution >= 4 is 21.6 Å². The van der Waals surface area contributed by atoms with Crippen LogP contribution in [0.3, 0.4) is 0 Å². The molecule has 118 valence electrons. The third-order valence-electron chi connectivity index (χ3n) is 4.54. The number of piperidine rings is 1. The van der Waals surface area contributed by atoms with Crippen molar-refractivity contribution in [1.29, 1.82) is 0 Å². The maximum atomic E-state index is 13.3. The zero-order valence-corrected chi connectivity index (χ0v) is 13.7. The molecule has 0 saturated carbocycles. The molecule has 4 rings (SSSR count). The SMILES string of the molecule is Fc1cccc(CN2CCC(c3nc4ccccc4s3)CC2)c1. The van der Waals surface area contributed by atoms with E-state index < -0.39 is 0 Å². The highest BCUT2D eigenvalue weighted by molar-refractivity contribution is 7.18. The van der Waals surface area contributed by atoms with Crippen molar-refractivity contribution in [3.8, 4) is 0 Å². The van der Waals surface area contributed by atoms with Crippen LogP contribution in [0.5, 0.6) is 0 Å². The van der Waals surface area contributed by atoms with E-state index in [1.807, 2.05) is 23.5 Å². The van der Waals surface area contributed by atoms with Gasteiger partial charge in [0, 0.05) is 12.5 Å². The fourth-order valence-corrected chi connectivity index (χ4v) is 4.43. The minimum Gasteiger partial charge on any atom is -0.299 e. The van der Waals surface area contributed by atoms with Gasteiger partial charge < -0.3 is 0 Å². The van der Waals surface area contributed by atoms with Gasteiger partial charge in [-0.1, -0.05) is 24.3 Å². The van der Waals surface area contributed by atoms with Crippen LogP contribution in [0.1, 0.15) is 29.3 Å². The number of aromatic nitrogens is 1. The first kappa shape index (κ1) is 14.8. The van der Waals surface area contributed by atoms with E-state index in [-0.39, 0.29) is 5.82 Å². The molecule has 4 heteroatoms. The zero-order valence-electron chi connectivity index (χ0n) is 12.9. The molecule has 2 aromatic carbocycles. The van der Waals surface area contributed by atoms with E-state index in [1.165, 1.54) is 15.8 Å². The number of halogens is 1. The molecule has 2 nitrogen and oxygen atoms in total. The Kier molecular flexibility index (Phi) is 4.10. The maximum absolute atomic E-state index is 13.3. The van der Waals surface area contributed by atoms with E-state index in [1.54, 1.807) is 12.1 Å². The van der Waals surface area contributed by atoms with Crippen LogP contribution in [0.2, 0.25) is 0 Å². The fraction of sp³-hybridized carbons (Fsp3) is 0.316. The summed E-state index contributed by atoms with van der Waals surface area (Å²) in [6, 6.07) is 15.3. The first-order valence-corrected chi connectivity index (χ1v) is 8.92. The van der Waals surface area contributed by atoms with Gasteiger partial charge in [0.25, 0.3) is 0 Å². The van der Waals surface area contributed by atoms with Gasteiger partial charge in [0.15, 0.2) is 0 Å². The second-order valence-electron chi connectivity index (χ2n) is 6.20. The van der Waals surface area contributed by atoms with Crippen molar-refractivity contribution in [3.05, 3.63) is 64.9 Å². The maximum Gasteiger partial charge on any atom is 0.123 e. The van der Waals surface area contributed by atoms with Crippen molar-refractivity contribution in [2.75, 3.05) is 13.1 Å². The van der Waals surface area contributed by atoms with E-state index in [4.69, 9.17) is 4.98 Å². The Bertz CT molecular complexity index is 773. The van der Waals surface area contributed by atoms with Crippen LogP contribution in [0.15, 0.2) is 48.5 Å². The van der Waals surface area contributed by atoms with Crippen LogP contribution >= 0.6 is 11.3 Å². The molecule has 0 N–H and O–H groups in total. The number of rotatable bonds is 3. The Balaban J connectivity index is 1.40. The van der Waals surface area contributed by atoms with Gasteiger partial charge >= 0.3 is 0 Å². The standard InChI is InChI=1S/C19H19FN2S/c20-16-5-3-4-14(12-16)13-22-10-8-15(9-11-22)19-21-17-6-1-2-7-18(17)23-19/h1-7,12,15H,8-11,13H2. The minimum atomic E-state index is -0.146. The molecule has 1 fully saturated rings. The fourth-order valence-electron chi connectivity index (χ4n) is 3.30.